The Balaban J connectivity index is 1.06. The first-order valence-electron chi connectivity index (χ1n) is 19.9. The van der Waals surface area contributed by atoms with E-state index in [4.69, 9.17) is 0 Å². The molecule has 0 amide bonds. The monoisotopic (exact) mass is 738 g/mol. The van der Waals surface area contributed by atoms with Gasteiger partial charge >= 0.3 is 0 Å². The van der Waals surface area contributed by atoms with Crippen LogP contribution in [0.25, 0.3) is 82.4 Å². The van der Waals surface area contributed by atoms with Gasteiger partial charge in [-0.05, 0) is 110 Å². The number of benzene rings is 10. The van der Waals surface area contributed by atoms with Crippen molar-refractivity contribution in [2.24, 2.45) is 0 Å². The Kier molecular flexibility index (Phi) is 8.19. The fraction of sp³-hybridized carbons (Fsp3) is 0. The van der Waals surface area contributed by atoms with Crippen LogP contribution in [-0.2, 0) is 0 Å². The Bertz CT molecular complexity index is 3220. The number of anilines is 3. The van der Waals surface area contributed by atoms with Crippen LogP contribution in [0.2, 0.25) is 0 Å². The molecule has 0 radical (unpaired) electrons. The lowest BCUT2D eigenvalue weighted by atomic mass is 9.97. The lowest BCUT2D eigenvalue weighted by molar-refractivity contribution is 1.18. The van der Waals surface area contributed by atoms with Crippen molar-refractivity contribution in [3.05, 3.63) is 231 Å². The van der Waals surface area contributed by atoms with E-state index < -0.39 is 0 Å². The molecule has 0 saturated carbocycles. The highest BCUT2D eigenvalue weighted by atomic mass is 15.1. The normalized spacial score (nSPS) is 11.4. The van der Waals surface area contributed by atoms with E-state index >= 15 is 0 Å². The molecule has 11 aromatic rings. The summed E-state index contributed by atoms with van der Waals surface area (Å²) in [5, 5.41) is 7.42. The maximum absolute atomic E-state index is 2.41. The van der Waals surface area contributed by atoms with Crippen LogP contribution in [-0.4, -0.2) is 4.57 Å². The molecule has 2 nitrogen and oxygen atoms in total. The van der Waals surface area contributed by atoms with Gasteiger partial charge in [-0.25, -0.2) is 0 Å². The summed E-state index contributed by atoms with van der Waals surface area (Å²) in [7, 11) is 0. The standard InChI is InChI=1S/C56H38N2/c1-2-14-39(15-3-1)43-29-28-40-30-35-48(38-45(40)36-43)57(47-19-12-18-44(37-47)50-24-13-17-41-16-4-5-20-49(41)50)46-33-31-42(32-34-46)51-21-6-9-25-54(51)58-55-26-10-7-22-52(55)53-23-8-11-27-56(53)58/h1-38H. The van der Waals surface area contributed by atoms with Crippen LogP contribution in [0, 0.1) is 0 Å². The van der Waals surface area contributed by atoms with Crippen LogP contribution in [0.1, 0.15) is 0 Å². The highest BCUT2D eigenvalue weighted by molar-refractivity contribution is 6.10. The SMILES string of the molecule is c1ccc(-c2ccc3ccc(N(c4ccc(-c5ccccc5-n5c6ccccc6c6ccccc65)cc4)c4cccc(-c5cccc6ccccc56)c4)cc3c2)cc1. The van der Waals surface area contributed by atoms with E-state index in [1.165, 1.54) is 71.2 Å². The van der Waals surface area contributed by atoms with Crippen LogP contribution in [0.5, 0.6) is 0 Å². The number of hydrogen-bond acceptors (Lipinski definition) is 1. The molecule has 0 saturated heterocycles. The maximum atomic E-state index is 2.41. The molecular weight excluding hydrogens is 701 g/mol. The van der Waals surface area contributed by atoms with Crippen LogP contribution < -0.4 is 4.90 Å². The summed E-state index contributed by atoms with van der Waals surface area (Å²) in [6.07, 6.45) is 0. The van der Waals surface area contributed by atoms with Crippen LogP contribution in [0.4, 0.5) is 17.1 Å². The van der Waals surface area contributed by atoms with Gasteiger partial charge in [-0.15, -0.1) is 0 Å². The fourth-order valence-electron chi connectivity index (χ4n) is 8.81. The van der Waals surface area contributed by atoms with Gasteiger partial charge in [-0.1, -0.05) is 170 Å². The second-order valence-corrected chi connectivity index (χ2v) is 15.0. The summed E-state index contributed by atoms with van der Waals surface area (Å²) >= 11 is 0. The van der Waals surface area contributed by atoms with Crippen molar-refractivity contribution in [3.8, 4) is 39.1 Å². The zero-order valence-electron chi connectivity index (χ0n) is 31.8. The summed E-state index contributed by atoms with van der Waals surface area (Å²) in [4.78, 5) is 2.39. The van der Waals surface area contributed by atoms with Gasteiger partial charge in [-0.2, -0.15) is 0 Å². The van der Waals surface area contributed by atoms with Crippen molar-refractivity contribution in [1.82, 2.24) is 4.57 Å². The first-order chi connectivity index (χ1) is 28.8. The van der Waals surface area contributed by atoms with E-state index in [1.54, 1.807) is 0 Å². The highest BCUT2D eigenvalue weighted by Crippen LogP contribution is 2.41. The third-order valence-corrected chi connectivity index (χ3v) is 11.6. The number of para-hydroxylation sites is 3. The van der Waals surface area contributed by atoms with Gasteiger partial charge in [0.25, 0.3) is 0 Å². The molecule has 0 N–H and O–H groups in total. The quantitative estimate of drug-likeness (QED) is 0.158. The first-order valence-corrected chi connectivity index (χ1v) is 19.9. The largest absolute Gasteiger partial charge is 0.310 e. The molecule has 10 aromatic carbocycles. The second kappa shape index (κ2) is 14.1. The molecule has 0 atom stereocenters. The van der Waals surface area contributed by atoms with Crippen molar-refractivity contribution in [2.45, 2.75) is 0 Å². The first kappa shape index (κ1) is 33.6. The molecule has 1 aromatic heterocycles. The molecule has 1 heterocycles. The van der Waals surface area contributed by atoms with E-state index in [2.05, 4.69) is 240 Å². The van der Waals surface area contributed by atoms with Gasteiger partial charge in [0.1, 0.15) is 0 Å². The molecular formula is C56H38N2. The molecule has 0 aliphatic heterocycles. The average Bonchev–Trinajstić information content (AvgIpc) is 3.63. The van der Waals surface area contributed by atoms with Crippen molar-refractivity contribution >= 4 is 60.4 Å². The van der Waals surface area contributed by atoms with Crippen molar-refractivity contribution < 1.29 is 0 Å². The van der Waals surface area contributed by atoms with E-state index in [9.17, 15) is 0 Å². The van der Waals surface area contributed by atoms with Gasteiger partial charge in [0.05, 0.1) is 16.7 Å². The Morgan fingerprint density at radius 3 is 1.66 bits per heavy atom. The topological polar surface area (TPSA) is 8.17 Å². The second-order valence-electron chi connectivity index (χ2n) is 15.0. The molecule has 0 aliphatic carbocycles. The Labute approximate surface area is 338 Å². The highest BCUT2D eigenvalue weighted by Gasteiger charge is 2.18. The van der Waals surface area contributed by atoms with Gasteiger partial charge in [-0.3, -0.25) is 0 Å². The summed E-state index contributed by atoms with van der Waals surface area (Å²) in [6, 6.07) is 83.7. The summed E-state index contributed by atoms with van der Waals surface area (Å²) < 4.78 is 2.41. The van der Waals surface area contributed by atoms with Crippen LogP contribution in [0.15, 0.2) is 231 Å². The molecule has 0 unspecified atom stereocenters. The third kappa shape index (κ3) is 5.82. The Morgan fingerprint density at radius 2 is 0.845 bits per heavy atom. The van der Waals surface area contributed by atoms with E-state index in [1.807, 2.05) is 0 Å². The number of rotatable bonds is 7. The molecule has 11 rings (SSSR count). The minimum absolute atomic E-state index is 1.09. The third-order valence-electron chi connectivity index (χ3n) is 11.6. The van der Waals surface area contributed by atoms with Gasteiger partial charge in [0.15, 0.2) is 0 Å². The Morgan fingerprint density at radius 1 is 0.276 bits per heavy atom. The van der Waals surface area contributed by atoms with Crippen molar-refractivity contribution in [2.75, 3.05) is 4.90 Å². The summed E-state index contributed by atoms with van der Waals surface area (Å²) in [5.74, 6) is 0. The van der Waals surface area contributed by atoms with Gasteiger partial charge < -0.3 is 9.47 Å². The average molecular weight is 739 g/mol. The maximum Gasteiger partial charge on any atom is 0.0541 e. The van der Waals surface area contributed by atoms with E-state index in [-0.39, 0.29) is 0 Å². The fourth-order valence-corrected chi connectivity index (χ4v) is 8.81. The minimum atomic E-state index is 1.09. The van der Waals surface area contributed by atoms with Crippen LogP contribution in [0.3, 0.4) is 0 Å². The van der Waals surface area contributed by atoms with Crippen molar-refractivity contribution in [1.29, 1.82) is 0 Å². The molecule has 58 heavy (non-hydrogen) atoms. The van der Waals surface area contributed by atoms with Crippen molar-refractivity contribution in [3.63, 3.8) is 0 Å². The lowest BCUT2D eigenvalue weighted by Crippen LogP contribution is -2.10. The number of aromatic nitrogens is 1. The smallest absolute Gasteiger partial charge is 0.0541 e. The van der Waals surface area contributed by atoms with Gasteiger partial charge in [0, 0.05) is 33.4 Å². The summed E-state index contributed by atoms with van der Waals surface area (Å²) in [5.41, 5.74) is 14.0. The molecule has 0 spiro atoms. The molecule has 272 valence electrons. The minimum Gasteiger partial charge on any atom is -0.310 e. The molecule has 2 heteroatoms. The number of fused-ring (bicyclic) bond motifs is 5. The van der Waals surface area contributed by atoms with E-state index in [0.29, 0.717) is 0 Å². The Hall–Kier alpha value is -7.68. The lowest BCUT2D eigenvalue weighted by Gasteiger charge is -2.27. The number of nitrogens with zero attached hydrogens (tertiary/aromatic N) is 2. The predicted molar refractivity (Wildman–Crippen MR) is 247 cm³/mol. The summed E-state index contributed by atoms with van der Waals surface area (Å²) in [6.45, 7) is 0. The van der Waals surface area contributed by atoms with Crippen LogP contribution >= 0.6 is 0 Å². The molecule has 0 fully saturated rings. The molecule has 0 bridgehead atoms. The zero-order valence-corrected chi connectivity index (χ0v) is 31.8. The molecule has 0 aliphatic rings. The predicted octanol–water partition coefficient (Wildman–Crippen LogP) is 15.6. The number of hydrogen-bond donors (Lipinski definition) is 0. The van der Waals surface area contributed by atoms with E-state index in [0.717, 1.165) is 28.3 Å². The van der Waals surface area contributed by atoms with Gasteiger partial charge in [0.2, 0.25) is 0 Å². The zero-order chi connectivity index (χ0) is 38.4.